The van der Waals surface area contributed by atoms with Crippen LogP contribution in [0.15, 0.2) is 29.3 Å². The first kappa shape index (κ1) is 16.8. The number of aromatic nitrogens is 3. The van der Waals surface area contributed by atoms with E-state index in [1.54, 1.807) is 7.05 Å². The van der Waals surface area contributed by atoms with E-state index < -0.39 is 0 Å². The summed E-state index contributed by atoms with van der Waals surface area (Å²) >= 11 is 5.94. The van der Waals surface area contributed by atoms with Gasteiger partial charge in [-0.15, -0.1) is 10.2 Å². The summed E-state index contributed by atoms with van der Waals surface area (Å²) in [6.07, 6.45) is 3.43. The molecule has 1 N–H and O–H groups in total. The normalized spacial score (nSPS) is 14.4. The second kappa shape index (κ2) is 7.66. The van der Waals surface area contributed by atoms with Crippen LogP contribution in [0, 0.1) is 0 Å². The van der Waals surface area contributed by atoms with Gasteiger partial charge in [0, 0.05) is 38.6 Å². The van der Waals surface area contributed by atoms with Gasteiger partial charge in [-0.05, 0) is 30.5 Å². The maximum absolute atomic E-state index is 5.94. The summed E-state index contributed by atoms with van der Waals surface area (Å²) in [5, 5.41) is 12.7. The number of benzene rings is 1. The van der Waals surface area contributed by atoms with Crippen molar-refractivity contribution in [2.45, 2.75) is 38.9 Å². The third-order valence-electron chi connectivity index (χ3n) is 4.25. The van der Waals surface area contributed by atoms with E-state index in [2.05, 4.69) is 30.0 Å². The zero-order valence-corrected chi connectivity index (χ0v) is 14.9. The first-order valence-corrected chi connectivity index (χ1v) is 8.62. The van der Waals surface area contributed by atoms with Gasteiger partial charge in [-0.3, -0.25) is 4.99 Å². The molecule has 1 aliphatic heterocycles. The summed E-state index contributed by atoms with van der Waals surface area (Å²) < 4.78 is 2.23. The zero-order chi connectivity index (χ0) is 16.9. The van der Waals surface area contributed by atoms with Crippen LogP contribution in [0.2, 0.25) is 5.02 Å². The molecule has 3 rings (SSSR count). The molecule has 128 valence electrons. The summed E-state index contributed by atoms with van der Waals surface area (Å²) in [6.45, 7) is 2.40. The molecule has 1 aromatic carbocycles. The molecule has 0 atom stereocenters. The fourth-order valence-electron chi connectivity index (χ4n) is 2.98. The van der Waals surface area contributed by atoms with Crippen LogP contribution in [0.5, 0.6) is 0 Å². The van der Waals surface area contributed by atoms with Crippen molar-refractivity contribution in [3.05, 3.63) is 46.5 Å². The largest absolute Gasteiger partial charge is 0.349 e. The van der Waals surface area contributed by atoms with Gasteiger partial charge in [-0.2, -0.15) is 0 Å². The zero-order valence-electron chi connectivity index (χ0n) is 14.2. The van der Waals surface area contributed by atoms with Crippen LogP contribution in [0.1, 0.15) is 30.1 Å². The Bertz CT molecular complexity index is 706. The van der Waals surface area contributed by atoms with E-state index >= 15 is 0 Å². The van der Waals surface area contributed by atoms with Gasteiger partial charge in [0.25, 0.3) is 0 Å². The number of hydrogen-bond donors (Lipinski definition) is 1. The third-order valence-corrected chi connectivity index (χ3v) is 4.50. The maximum Gasteiger partial charge on any atom is 0.194 e. The molecule has 0 spiro atoms. The lowest BCUT2D eigenvalue weighted by atomic mass is 10.2. The molecule has 0 aliphatic carbocycles. The van der Waals surface area contributed by atoms with E-state index in [0.29, 0.717) is 6.54 Å². The van der Waals surface area contributed by atoms with Crippen molar-refractivity contribution in [3.8, 4) is 0 Å². The number of fused-ring (bicyclic) bond motifs is 1. The minimum atomic E-state index is 0.630. The number of aliphatic imine (C=N–C) groups is 1. The number of guanidine groups is 1. The van der Waals surface area contributed by atoms with Gasteiger partial charge >= 0.3 is 0 Å². The molecule has 0 bridgehead atoms. The van der Waals surface area contributed by atoms with Gasteiger partial charge in [-0.25, -0.2) is 0 Å². The molecular formula is C17H23ClN6. The van der Waals surface area contributed by atoms with E-state index in [-0.39, 0.29) is 0 Å². The maximum atomic E-state index is 5.94. The minimum absolute atomic E-state index is 0.630. The van der Waals surface area contributed by atoms with Crippen molar-refractivity contribution in [2.24, 2.45) is 4.99 Å². The lowest BCUT2D eigenvalue weighted by molar-refractivity contribution is 0.468. The van der Waals surface area contributed by atoms with Crippen LogP contribution in [-0.2, 0) is 26.1 Å². The standard InChI is InChI=1S/C17H23ClN6/c1-19-17(23(2)12-13-6-8-14(18)9-7-13)20-11-16-22-21-15-5-3-4-10-24(15)16/h6-9H,3-5,10-12H2,1-2H3,(H,19,20). The van der Waals surface area contributed by atoms with Gasteiger partial charge < -0.3 is 14.8 Å². The highest BCUT2D eigenvalue weighted by Crippen LogP contribution is 2.14. The van der Waals surface area contributed by atoms with Crippen LogP contribution in [0.3, 0.4) is 0 Å². The topological polar surface area (TPSA) is 58.3 Å². The number of nitrogens with one attached hydrogen (secondary N) is 1. The fourth-order valence-corrected chi connectivity index (χ4v) is 3.11. The van der Waals surface area contributed by atoms with Gasteiger partial charge in [0.15, 0.2) is 11.8 Å². The van der Waals surface area contributed by atoms with E-state index in [1.165, 1.54) is 18.4 Å². The molecule has 0 fully saturated rings. The first-order chi connectivity index (χ1) is 11.7. The molecular weight excluding hydrogens is 324 g/mol. The number of hydrogen-bond acceptors (Lipinski definition) is 3. The lowest BCUT2D eigenvalue weighted by Crippen LogP contribution is -2.38. The summed E-state index contributed by atoms with van der Waals surface area (Å²) in [5.74, 6) is 2.91. The Morgan fingerprint density at radius 2 is 2.08 bits per heavy atom. The molecule has 0 saturated heterocycles. The molecule has 1 aromatic heterocycles. The van der Waals surface area contributed by atoms with E-state index in [4.69, 9.17) is 11.6 Å². The Hall–Kier alpha value is -2.08. The Morgan fingerprint density at radius 1 is 1.29 bits per heavy atom. The molecule has 0 unspecified atom stereocenters. The van der Waals surface area contributed by atoms with E-state index in [9.17, 15) is 0 Å². The fraction of sp³-hybridized carbons (Fsp3) is 0.471. The molecule has 6 nitrogen and oxygen atoms in total. The Morgan fingerprint density at radius 3 is 2.83 bits per heavy atom. The van der Waals surface area contributed by atoms with Crippen LogP contribution < -0.4 is 5.32 Å². The van der Waals surface area contributed by atoms with Gasteiger partial charge in [0.05, 0.1) is 6.54 Å². The molecule has 1 aliphatic rings. The summed E-state index contributed by atoms with van der Waals surface area (Å²) in [5.41, 5.74) is 1.18. The van der Waals surface area contributed by atoms with E-state index in [0.717, 1.165) is 42.1 Å². The third kappa shape index (κ3) is 3.87. The number of aryl methyl sites for hydroxylation is 1. The molecule has 24 heavy (non-hydrogen) atoms. The highest BCUT2D eigenvalue weighted by Gasteiger charge is 2.16. The molecule has 2 heterocycles. The number of nitrogens with zero attached hydrogens (tertiary/aromatic N) is 5. The van der Waals surface area contributed by atoms with Crippen molar-refractivity contribution < 1.29 is 0 Å². The Labute approximate surface area is 147 Å². The van der Waals surface area contributed by atoms with Crippen molar-refractivity contribution >= 4 is 17.6 Å². The predicted octanol–water partition coefficient (Wildman–Crippen LogP) is 2.48. The molecule has 0 radical (unpaired) electrons. The molecule has 7 heteroatoms. The Kier molecular flexibility index (Phi) is 5.35. The highest BCUT2D eigenvalue weighted by atomic mass is 35.5. The van der Waals surface area contributed by atoms with Crippen molar-refractivity contribution in [3.63, 3.8) is 0 Å². The molecule has 0 saturated carbocycles. The second-order valence-electron chi connectivity index (χ2n) is 6.02. The minimum Gasteiger partial charge on any atom is -0.349 e. The predicted molar refractivity (Wildman–Crippen MR) is 96.1 cm³/mol. The lowest BCUT2D eigenvalue weighted by Gasteiger charge is -2.22. The van der Waals surface area contributed by atoms with Crippen LogP contribution in [0.4, 0.5) is 0 Å². The van der Waals surface area contributed by atoms with Crippen molar-refractivity contribution in [1.29, 1.82) is 0 Å². The number of rotatable bonds is 4. The molecule has 2 aromatic rings. The van der Waals surface area contributed by atoms with Crippen LogP contribution in [-0.4, -0.2) is 39.7 Å². The second-order valence-corrected chi connectivity index (χ2v) is 6.46. The number of halogens is 1. The quantitative estimate of drug-likeness (QED) is 0.682. The van der Waals surface area contributed by atoms with Gasteiger partial charge in [0.1, 0.15) is 5.82 Å². The van der Waals surface area contributed by atoms with Crippen molar-refractivity contribution in [2.75, 3.05) is 14.1 Å². The Balaban J connectivity index is 1.60. The van der Waals surface area contributed by atoms with Gasteiger partial charge in [-0.1, -0.05) is 23.7 Å². The molecule has 0 amide bonds. The summed E-state index contributed by atoms with van der Waals surface area (Å²) in [6, 6.07) is 7.87. The summed E-state index contributed by atoms with van der Waals surface area (Å²) in [7, 11) is 3.81. The average molecular weight is 347 g/mol. The summed E-state index contributed by atoms with van der Waals surface area (Å²) in [4.78, 5) is 6.44. The smallest absolute Gasteiger partial charge is 0.194 e. The van der Waals surface area contributed by atoms with Gasteiger partial charge in [0.2, 0.25) is 0 Å². The highest BCUT2D eigenvalue weighted by molar-refractivity contribution is 6.30. The average Bonchev–Trinajstić information content (AvgIpc) is 3.01. The van der Waals surface area contributed by atoms with Crippen molar-refractivity contribution in [1.82, 2.24) is 25.0 Å². The van der Waals surface area contributed by atoms with Crippen LogP contribution >= 0.6 is 11.6 Å². The van der Waals surface area contributed by atoms with Crippen LogP contribution in [0.25, 0.3) is 0 Å². The monoisotopic (exact) mass is 346 g/mol. The van der Waals surface area contributed by atoms with E-state index in [1.807, 2.05) is 31.3 Å². The first-order valence-electron chi connectivity index (χ1n) is 8.24. The SMILES string of the molecule is CN=C(NCc1nnc2n1CCCC2)N(C)Cc1ccc(Cl)cc1.